The van der Waals surface area contributed by atoms with Gasteiger partial charge in [0.1, 0.15) is 11.5 Å². The van der Waals surface area contributed by atoms with Crippen molar-refractivity contribution < 1.29 is 28.5 Å². The molecule has 2 N–H and O–H groups in total. The van der Waals surface area contributed by atoms with Gasteiger partial charge in [0.05, 0.1) is 26.9 Å². The Hall–Kier alpha value is -3.65. The average molecular weight is 474 g/mol. The Morgan fingerprint density at radius 1 is 1.06 bits per heavy atom. The number of hydrogen-bond donors (Lipinski definition) is 2. The normalized spacial score (nSPS) is 11.5. The predicted octanol–water partition coefficient (Wildman–Crippen LogP) is 4.49. The van der Waals surface area contributed by atoms with E-state index in [9.17, 15) is 14.7 Å². The fraction of sp³-hybridized carbons (Fsp3) is 0.250. The van der Waals surface area contributed by atoms with Gasteiger partial charge in [-0.25, -0.2) is 4.79 Å². The number of anilines is 1. The number of halogens is 1. The fourth-order valence-corrected chi connectivity index (χ4v) is 3.67. The molecule has 3 rings (SSSR count). The minimum Gasteiger partial charge on any atom is -0.507 e. The van der Waals surface area contributed by atoms with E-state index in [0.29, 0.717) is 33.5 Å². The second kappa shape index (κ2) is 10.3. The summed E-state index contributed by atoms with van der Waals surface area (Å²) in [5.74, 6) is -0.263. The number of carbonyl (C=O) groups excluding carboxylic acids is 1. The lowest BCUT2D eigenvalue weighted by Crippen LogP contribution is -2.21. The minimum atomic E-state index is -0.872. The molecule has 0 saturated heterocycles. The molecule has 1 heterocycles. The number of benzene rings is 2. The van der Waals surface area contributed by atoms with Gasteiger partial charge < -0.3 is 29.1 Å². The van der Waals surface area contributed by atoms with Gasteiger partial charge in [-0.15, -0.1) is 0 Å². The van der Waals surface area contributed by atoms with E-state index >= 15 is 0 Å². The van der Waals surface area contributed by atoms with Gasteiger partial charge in [-0.2, -0.15) is 0 Å². The lowest BCUT2D eigenvalue weighted by Gasteiger charge is -2.21. The summed E-state index contributed by atoms with van der Waals surface area (Å²) >= 11 is 5.90. The van der Waals surface area contributed by atoms with Crippen molar-refractivity contribution in [3.8, 4) is 23.0 Å². The van der Waals surface area contributed by atoms with Crippen LogP contribution in [0.5, 0.6) is 23.0 Å². The molecule has 8 nitrogen and oxygen atoms in total. The van der Waals surface area contributed by atoms with Crippen LogP contribution in [0.1, 0.15) is 29.2 Å². The van der Waals surface area contributed by atoms with Crippen molar-refractivity contribution in [2.45, 2.75) is 19.3 Å². The molecule has 0 aliphatic heterocycles. The quantitative estimate of drug-likeness (QED) is 0.496. The third-order valence-electron chi connectivity index (χ3n) is 5.04. The Morgan fingerprint density at radius 3 is 2.18 bits per heavy atom. The Bertz CT molecular complexity index is 1180. The van der Waals surface area contributed by atoms with Gasteiger partial charge in [0.2, 0.25) is 11.7 Å². The zero-order valence-electron chi connectivity index (χ0n) is 18.6. The van der Waals surface area contributed by atoms with Gasteiger partial charge >= 0.3 is 5.63 Å². The number of hydrogen-bond acceptors (Lipinski definition) is 7. The van der Waals surface area contributed by atoms with Crippen molar-refractivity contribution in [1.29, 1.82) is 0 Å². The summed E-state index contributed by atoms with van der Waals surface area (Å²) in [5, 5.41) is 13.9. The van der Waals surface area contributed by atoms with Gasteiger partial charge in [0.25, 0.3) is 0 Å². The zero-order valence-corrected chi connectivity index (χ0v) is 19.4. The molecule has 0 saturated carbocycles. The molecule has 0 fully saturated rings. The second-order valence-corrected chi connectivity index (χ2v) is 7.65. The maximum atomic E-state index is 12.9. The number of methoxy groups -OCH3 is 3. The maximum absolute atomic E-state index is 12.9. The van der Waals surface area contributed by atoms with Crippen LogP contribution in [-0.2, 0) is 4.79 Å². The number of amides is 1. The molecule has 1 aromatic heterocycles. The number of ether oxygens (including phenoxy) is 3. The Morgan fingerprint density at radius 2 is 1.67 bits per heavy atom. The topological polar surface area (TPSA) is 107 Å². The SMILES string of the molecule is COc1cc(C(CC(=O)Nc2ccc(Cl)cc2)c2c(O)cc(C)oc2=O)cc(OC)c1OC. The van der Waals surface area contributed by atoms with Crippen LogP contribution in [0.4, 0.5) is 5.69 Å². The summed E-state index contributed by atoms with van der Waals surface area (Å²) in [6.45, 7) is 1.55. The minimum absolute atomic E-state index is 0.0545. The van der Waals surface area contributed by atoms with Crippen LogP contribution < -0.4 is 25.2 Å². The van der Waals surface area contributed by atoms with Crippen LogP contribution >= 0.6 is 11.6 Å². The lowest BCUT2D eigenvalue weighted by molar-refractivity contribution is -0.116. The largest absolute Gasteiger partial charge is 0.507 e. The molecule has 9 heteroatoms. The van der Waals surface area contributed by atoms with Crippen LogP contribution in [0.2, 0.25) is 5.02 Å². The first-order valence-electron chi connectivity index (χ1n) is 9.96. The molecule has 174 valence electrons. The highest BCUT2D eigenvalue weighted by Gasteiger charge is 2.28. The van der Waals surface area contributed by atoms with Gasteiger partial charge in [0.15, 0.2) is 11.5 Å². The average Bonchev–Trinajstić information content (AvgIpc) is 2.78. The van der Waals surface area contributed by atoms with Crippen molar-refractivity contribution in [1.82, 2.24) is 0 Å². The highest BCUT2D eigenvalue weighted by molar-refractivity contribution is 6.30. The number of aryl methyl sites for hydroxylation is 1. The summed E-state index contributed by atoms with van der Waals surface area (Å²) in [6.07, 6.45) is -0.178. The van der Waals surface area contributed by atoms with E-state index in [1.807, 2.05) is 0 Å². The highest BCUT2D eigenvalue weighted by Crippen LogP contribution is 2.43. The predicted molar refractivity (Wildman–Crippen MR) is 124 cm³/mol. The molecular weight excluding hydrogens is 450 g/mol. The summed E-state index contributed by atoms with van der Waals surface area (Å²) < 4.78 is 21.4. The van der Waals surface area contributed by atoms with E-state index < -0.39 is 17.5 Å². The smallest absolute Gasteiger partial charge is 0.343 e. The number of carbonyl (C=O) groups is 1. The second-order valence-electron chi connectivity index (χ2n) is 7.21. The lowest BCUT2D eigenvalue weighted by atomic mass is 9.88. The Labute approximate surface area is 195 Å². The first-order valence-corrected chi connectivity index (χ1v) is 10.3. The van der Waals surface area contributed by atoms with Gasteiger partial charge in [-0.1, -0.05) is 11.6 Å². The van der Waals surface area contributed by atoms with Crippen LogP contribution in [0.25, 0.3) is 0 Å². The van der Waals surface area contributed by atoms with Crippen molar-refractivity contribution in [2.24, 2.45) is 0 Å². The summed E-state index contributed by atoms with van der Waals surface area (Å²) in [5.41, 5.74) is 0.224. The molecule has 0 radical (unpaired) electrons. The fourth-order valence-electron chi connectivity index (χ4n) is 3.55. The molecule has 1 atom stereocenters. The van der Waals surface area contributed by atoms with E-state index in [1.54, 1.807) is 43.3 Å². The summed E-state index contributed by atoms with van der Waals surface area (Å²) in [7, 11) is 4.39. The number of aromatic hydroxyl groups is 1. The van der Waals surface area contributed by atoms with E-state index in [2.05, 4.69) is 5.32 Å². The first-order chi connectivity index (χ1) is 15.8. The van der Waals surface area contributed by atoms with E-state index in [-0.39, 0.29) is 23.5 Å². The van der Waals surface area contributed by atoms with Crippen LogP contribution in [0.15, 0.2) is 51.7 Å². The third kappa shape index (κ3) is 5.40. The molecule has 0 bridgehead atoms. The number of nitrogens with one attached hydrogen (secondary N) is 1. The molecule has 0 aliphatic carbocycles. The molecule has 33 heavy (non-hydrogen) atoms. The van der Waals surface area contributed by atoms with Crippen LogP contribution in [-0.4, -0.2) is 32.3 Å². The van der Waals surface area contributed by atoms with Crippen LogP contribution in [0.3, 0.4) is 0 Å². The zero-order chi connectivity index (χ0) is 24.1. The van der Waals surface area contributed by atoms with Gasteiger partial charge in [-0.3, -0.25) is 4.79 Å². The molecule has 3 aromatic rings. The van der Waals surface area contributed by atoms with E-state index in [4.69, 9.17) is 30.2 Å². The maximum Gasteiger partial charge on any atom is 0.343 e. The summed E-state index contributed by atoms with van der Waals surface area (Å²) in [6, 6.07) is 11.2. The number of rotatable bonds is 8. The van der Waals surface area contributed by atoms with E-state index in [1.165, 1.54) is 27.4 Å². The summed E-state index contributed by atoms with van der Waals surface area (Å²) in [4.78, 5) is 25.7. The Kier molecular flexibility index (Phi) is 7.50. The molecule has 1 unspecified atom stereocenters. The molecular formula is C24H24ClNO7. The highest BCUT2D eigenvalue weighted by atomic mass is 35.5. The van der Waals surface area contributed by atoms with Crippen LogP contribution in [0, 0.1) is 6.92 Å². The van der Waals surface area contributed by atoms with Crippen molar-refractivity contribution in [3.63, 3.8) is 0 Å². The molecule has 0 aliphatic rings. The monoisotopic (exact) mass is 473 g/mol. The first kappa shape index (κ1) is 24.0. The molecule has 0 spiro atoms. The van der Waals surface area contributed by atoms with Gasteiger partial charge in [0, 0.05) is 29.1 Å². The Balaban J connectivity index is 2.09. The van der Waals surface area contributed by atoms with Crippen molar-refractivity contribution in [2.75, 3.05) is 26.6 Å². The van der Waals surface area contributed by atoms with Crippen molar-refractivity contribution >= 4 is 23.2 Å². The molecule has 1 amide bonds. The van der Waals surface area contributed by atoms with Gasteiger partial charge in [-0.05, 0) is 48.9 Å². The van der Waals surface area contributed by atoms with E-state index in [0.717, 1.165) is 0 Å². The third-order valence-corrected chi connectivity index (χ3v) is 5.30. The standard InChI is InChI=1S/C24H24ClNO7/c1-13-9-18(27)22(24(29)33-13)17(12-21(28)26-16-7-5-15(25)6-8-16)14-10-19(30-2)23(32-4)20(11-14)31-3/h5-11,17,27H,12H2,1-4H3,(H,26,28). The molecule has 2 aromatic carbocycles. The van der Waals surface area contributed by atoms with Crippen molar-refractivity contribution in [3.05, 3.63) is 74.8 Å².